The highest BCUT2D eigenvalue weighted by atomic mass is 32.2. The van der Waals surface area contributed by atoms with E-state index in [-0.39, 0.29) is 18.4 Å². The number of amides is 2. The molecule has 7 nitrogen and oxygen atoms in total. The molecule has 8 heteroatoms. The first-order valence-corrected chi connectivity index (χ1v) is 13.4. The molecule has 2 amide bonds. The third kappa shape index (κ3) is 7.58. The van der Waals surface area contributed by atoms with Crippen LogP contribution in [0.4, 0.5) is 5.69 Å². The summed E-state index contributed by atoms with van der Waals surface area (Å²) in [4.78, 5) is 27.9. The van der Waals surface area contributed by atoms with Crippen molar-refractivity contribution in [3.8, 4) is 0 Å². The quantitative estimate of drug-likeness (QED) is 0.527. The van der Waals surface area contributed by atoms with Crippen LogP contribution in [0.25, 0.3) is 0 Å². The van der Waals surface area contributed by atoms with Crippen molar-refractivity contribution in [2.75, 3.05) is 30.2 Å². The van der Waals surface area contributed by atoms with Gasteiger partial charge in [0, 0.05) is 13.1 Å². The molecule has 2 aromatic carbocycles. The van der Waals surface area contributed by atoms with Gasteiger partial charge in [0.25, 0.3) is 0 Å². The Bertz CT molecular complexity index is 1060. The maximum Gasteiger partial charge on any atom is 0.244 e. The standard InChI is InChI=1S/C26H37N3O4S/c1-19(2)17-27-26(31)22(5)28(16-15-23-13-8-7-9-14-23)24(30)18-29(34(6,32)33)25-20(3)11-10-12-21(25)4/h7-14,19,22H,15-18H2,1-6H3,(H,27,31)/t22-/m1/s1. The van der Waals surface area contributed by atoms with Gasteiger partial charge >= 0.3 is 0 Å². The molecule has 1 atom stereocenters. The second-order valence-electron chi connectivity index (χ2n) is 9.15. The number of nitrogens with one attached hydrogen (secondary N) is 1. The Morgan fingerprint density at radius 3 is 2.06 bits per heavy atom. The van der Waals surface area contributed by atoms with E-state index in [0.717, 1.165) is 27.3 Å². The van der Waals surface area contributed by atoms with Gasteiger partial charge in [0.2, 0.25) is 21.8 Å². The Labute approximate surface area is 204 Å². The van der Waals surface area contributed by atoms with E-state index in [4.69, 9.17) is 0 Å². The lowest BCUT2D eigenvalue weighted by Crippen LogP contribution is -2.52. The third-order valence-electron chi connectivity index (χ3n) is 5.70. The van der Waals surface area contributed by atoms with Gasteiger partial charge in [-0.25, -0.2) is 8.42 Å². The average Bonchev–Trinajstić information content (AvgIpc) is 2.76. The molecule has 0 aliphatic rings. The van der Waals surface area contributed by atoms with Gasteiger partial charge in [-0.3, -0.25) is 13.9 Å². The lowest BCUT2D eigenvalue weighted by Gasteiger charge is -2.32. The highest BCUT2D eigenvalue weighted by Crippen LogP contribution is 2.27. The molecule has 2 aromatic rings. The van der Waals surface area contributed by atoms with Gasteiger partial charge < -0.3 is 10.2 Å². The monoisotopic (exact) mass is 487 g/mol. The number of nitrogens with zero attached hydrogens (tertiary/aromatic N) is 2. The van der Waals surface area contributed by atoms with Crippen molar-refractivity contribution in [1.82, 2.24) is 10.2 Å². The minimum atomic E-state index is -3.74. The number of anilines is 1. The Morgan fingerprint density at radius 1 is 0.941 bits per heavy atom. The molecule has 186 valence electrons. The largest absolute Gasteiger partial charge is 0.354 e. The van der Waals surface area contributed by atoms with E-state index in [0.29, 0.717) is 25.2 Å². The zero-order valence-electron chi connectivity index (χ0n) is 21.0. The number of hydrogen-bond donors (Lipinski definition) is 1. The van der Waals surface area contributed by atoms with Crippen molar-refractivity contribution < 1.29 is 18.0 Å². The Hall–Kier alpha value is -2.87. The van der Waals surface area contributed by atoms with Crippen LogP contribution >= 0.6 is 0 Å². The summed E-state index contributed by atoms with van der Waals surface area (Å²) in [5, 5.41) is 2.88. The zero-order chi connectivity index (χ0) is 25.5. The van der Waals surface area contributed by atoms with Crippen LogP contribution in [0, 0.1) is 19.8 Å². The highest BCUT2D eigenvalue weighted by Gasteiger charge is 2.30. The summed E-state index contributed by atoms with van der Waals surface area (Å²) in [6, 6.07) is 14.4. The Balaban J connectivity index is 2.34. The van der Waals surface area contributed by atoms with Gasteiger partial charge in [0.05, 0.1) is 11.9 Å². The van der Waals surface area contributed by atoms with E-state index in [1.165, 1.54) is 4.90 Å². The SMILES string of the molecule is Cc1cccc(C)c1N(CC(=O)N(CCc1ccccc1)[C@H](C)C(=O)NCC(C)C)S(C)(=O)=O. The molecule has 0 aromatic heterocycles. The number of aryl methyl sites for hydroxylation is 2. The second-order valence-corrected chi connectivity index (χ2v) is 11.1. The van der Waals surface area contributed by atoms with Gasteiger partial charge in [-0.2, -0.15) is 0 Å². The molecule has 0 aliphatic heterocycles. The number of rotatable bonds is 11. The Kier molecular flexibility index (Phi) is 9.67. The van der Waals surface area contributed by atoms with Crippen LogP contribution in [0.2, 0.25) is 0 Å². The van der Waals surface area contributed by atoms with Crippen LogP contribution in [0.15, 0.2) is 48.5 Å². The predicted octanol–water partition coefficient (Wildman–Crippen LogP) is 3.30. The predicted molar refractivity (Wildman–Crippen MR) is 137 cm³/mol. The maximum absolute atomic E-state index is 13.5. The average molecular weight is 488 g/mol. The number of carbonyl (C=O) groups excluding carboxylic acids is 2. The fraction of sp³-hybridized carbons (Fsp3) is 0.462. The summed E-state index contributed by atoms with van der Waals surface area (Å²) in [6.45, 7) is 9.74. The van der Waals surface area contributed by atoms with E-state index < -0.39 is 22.0 Å². The molecule has 0 bridgehead atoms. The van der Waals surface area contributed by atoms with Crippen LogP contribution in [-0.4, -0.2) is 57.1 Å². The molecule has 0 unspecified atom stereocenters. The van der Waals surface area contributed by atoms with E-state index in [9.17, 15) is 18.0 Å². The van der Waals surface area contributed by atoms with Gasteiger partial charge in [0.1, 0.15) is 12.6 Å². The van der Waals surface area contributed by atoms with Crippen LogP contribution in [0.3, 0.4) is 0 Å². The number of benzene rings is 2. The molecule has 0 fully saturated rings. The Morgan fingerprint density at radius 2 is 1.53 bits per heavy atom. The van der Waals surface area contributed by atoms with E-state index in [1.54, 1.807) is 6.92 Å². The van der Waals surface area contributed by atoms with Crippen LogP contribution < -0.4 is 9.62 Å². The van der Waals surface area contributed by atoms with Gasteiger partial charge in [-0.05, 0) is 49.8 Å². The molecular formula is C26H37N3O4S. The number of carbonyl (C=O) groups is 2. The van der Waals surface area contributed by atoms with Crippen LogP contribution in [0.5, 0.6) is 0 Å². The zero-order valence-corrected chi connectivity index (χ0v) is 21.9. The molecule has 0 heterocycles. The first-order chi connectivity index (χ1) is 15.9. The van der Waals surface area contributed by atoms with E-state index >= 15 is 0 Å². The first kappa shape index (κ1) is 27.4. The molecule has 34 heavy (non-hydrogen) atoms. The van der Waals surface area contributed by atoms with Gasteiger partial charge in [0.15, 0.2) is 0 Å². The topological polar surface area (TPSA) is 86.8 Å². The summed E-state index contributed by atoms with van der Waals surface area (Å²) < 4.78 is 26.6. The van der Waals surface area contributed by atoms with E-state index in [2.05, 4.69) is 5.32 Å². The van der Waals surface area contributed by atoms with Gasteiger partial charge in [-0.15, -0.1) is 0 Å². The maximum atomic E-state index is 13.5. The molecule has 0 aliphatic carbocycles. The van der Waals surface area contributed by atoms with Crippen molar-refractivity contribution in [2.45, 2.75) is 47.1 Å². The summed E-state index contributed by atoms with van der Waals surface area (Å²) in [5.74, 6) is -0.404. The minimum Gasteiger partial charge on any atom is -0.354 e. The fourth-order valence-electron chi connectivity index (χ4n) is 3.80. The third-order valence-corrected chi connectivity index (χ3v) is 6.82. The van der Waals surface area contributed by atoms with Crippen molar-refractivity contribution in [2.24, 2.45) is 5.92 Å². The smallest absolute Gasteiger partial charge is 0.244 e. The molecule has 0 saturated carbocycles. The van der Waals surface area contributed by atoms with Gasteiger partial charge in [-0.1, -0.05) is 62.4 Å². The second kappa shape index (κ2) is 12.0. The lowest BCUT2D eigenvalue weighted by atomic mass is 10.1. The molecule has 1 N–H and O–H groups in total. The van der Waals surface area contributed by atoms with Crippen molar-refractivity contribution in [3.05, 3.63) is 65.2 Å². The summed E-state index contributed by atoms with van der Waals surface area (Å²) in [6.07, 6.45) is 1.65. The van der Waals surface area contributed by atoms with Crippen molar-refractivity contribution in [3.63, 3.8) is 0 Å². The van der Waals surface area contributed by atoms with Crippen LogP contribution in [-0.2, 0) is 26.0 Å². The molecule has 2 rings (SSSR count). The molecule has 0 saturated heterocycles. The van der Waals surface area contributed by atoms with Crippen molar-refractivity contribution >= 4 is 27.5 Å². The molecule has 0 radical (unpaired) electrons. The summed E-state index contributed by atoms with van der Waals surface area (Å²) in [7, 11) is -3.74. The van der Waals surface area contributed by atoms with Crippen LogP contribution in [0.1, 0.15) is 37.5 Å². The first-order valence-electron chi connectivity index (χ1n) is 11.6. The number of hydrogen-bond acceptors (Lipinski definition) is 4. The normalized spacial score (nSPS) is 12.3. The molecule has 0 spiro atoms. The lowest BCUT2D eigenvalue weighted by molar-refractivity contribution is -0.138. The molecular weight excluding hydrogens is 450 g/mol. The highest BCUT2D eigenvalue weighted by molar-refractivity contribution is 7.92. The van der Waals surface area contributed by atoms with E-state index in [1.807, 2.05) is 76.2 Å². The summed E-state index contributed by atoms with van der Waals surface area (Å²) in [5.41, 5.74) is 3.05. The van der Waals surface area contributed by atoms with Crippen molar-refractivity contribution in [1.29, 1.82) is 0 Å². The fourth-order valence-corrected chi connectivity index (χ4v) is 4.76. The number of para-hydroxylation sites is 1. The summed E-state index contributed by atoms with van der Waals surface area (Å²) >= 11 is 0. The minimum absolute atomic E-state index is 0.256. The number of sulfonamides is 1.